The number of benzene rings is 1. The lowest BCUT2D eigenvalue weighted by molar-refractivity contribution is -0.137. The SMILES string of the molecule is CNc1ncc2c(n1)N1C(=NC[C@H]1C)C(c1cc(NC(=O)c3cc(C(F)(F)F)ccn3)ccc1C)=C2. The second-order valence-corrected chi connectivity index (χ2v) is 8.58. The van der Waals surface area contributed by atoms with Crippen molar-refractivity contribution in [2.45, 2.75) is 26.1 Å². The van der Waals surface area contributed by atoms with Crippen LogP contribution in [0.4, 0.5) is 30.6 Å². The van der Waals surface area contributed by atoms with E-state index in [0.29, 0.717) is 18.2 Å². The third kappa shape index (κ3) is 4.16. The van der Waals surface area contributed by atoms with Crippen LogP contribution in [0.5, 0.6) is 0 Å². The van der Waals surface area contributed by atoms with E-state index >= 15 is 0 Å². The molecule has 0 radical (unpaired) electrons. The van der Waals surface area contributed by atoms with Crippen molar-refractivity contribution in [1.29, 1.82) is 0 Å². The fraction of sp³-hybridized carbons (Fsp3) is 0.240. The minimum Gasteiger partial charge on any atom is -0.357 e. The van der Waals surface area contributed by atoms with Crippen LogP contribution in [0, 0.1) is 6.92 Å². The van der Waals surface area contributed by atoms with E-state index in [1.807, 2.05) is 19.1 Å². The summed E-state index contributed by atoms with van der Waals surface area (Å²) < 4.78 is 39.2. The van der Waals surface area contributed by atoms with Gasteiger partial charge >= 0.3 is 6.18 Å². The second-order valence-electron chi connectivity index (χ2n) is 8.58. The number of nitrogens with one attached hydrogen (secondary N) is 2. The average molecular weight is 493 g/mol. The monoisotopic (exact) mass is 493 g/mol. The van der Waals surface area contributed by atoms with Gasteiger partial charge in [-0.2, -0.15) is 18.2 Å². The van der Waals surface area contributed by atoms with E-state index in [9.17, 15) is 18.0 Å². The summed E-state index contributed by atoms with van der Waals surface area (Å²) in [7, 11) is 1.76. The van der Waals surface area contributed by atoms with Gasteiger partial charge in [-0.05, 0) is 55.3 Å². The first-order valence-electron chi connectivity index (χ1n) is 11.2. The fourth-order valence-corrected chi connectivity index (χ4v) is 4.24. The Hall–Kier alpha value is -4.28. The van der Waals surface area contributed by atoms with Gasteiger partial charge in [-0.15, -0.1) is 0 Å². The smallest absolute Gasteiger partial charge is 0.357 e. The number of amides is 1. The third-order valence-electron chi connectivity index (χ3n) is 6.07. The quantitative estimate of drug-likeness (QED) is 0.549. The van der Waals surface area contributed by atoms with Crippen molar-refractivity contribution in [2.24, 2.45) is 4.99 Å². The summed E-state index contributed by atoms with van der Waals surface area (Å²) in [6, 6.07) is 6.97. The number of amidine groups is 1. The van der Waals surface area contributed by atoms with Crippen LogP contribution in [0.15, 0.2) is 47.7 Å². The van der Waals surface area contributed by atoms with Crippen LogP contribution >= 0.6 is 0 Å². The standard InChI is InChI=1S/C25H22F3N7O/c1-13-4-5-17(33-23(36)20-9-16(6-7-30-20)25(26,27)28)10-18(13)19-8-15-12-32-24(29-3)34-21(15)35-14(2)11-31-22(19)35/h4-10,12,14H,11H2,1-3H3,(H,33,36)(H,29,32,34)/t14-/m1/s1. The summed E-state index contributed by atoms with van der Waals surface area (Å²) in [5, 5.41) is 5.62. The summed E-state index contributed by atoms with van der Waals surface area (Å²) in [6.45, 7) is 4.60. The highest BCUT2D eigenvalue weighted by Crippen LogP contribution is 2.38. The summed E-state index contributed by atoms with van der Waals surface area (Å²) in [5.41, 5.74) is 2.61. The molecule has 2 aliphatic rings. The number of aliphatic imine (C=N–C) groups is 1. The molecule has 5 rings (SSSR count). The number of aromatic nitrogens is 3. The third-order valence-corrected chi connectivity index (χ3v) is 6.07. The van der Waals surface area contributed by atoms with Gasteiger partial charge in [0.2, 0.25) is 5.95 Å². The van der Waals surface area contributed by atoms with E-state index in [0.717, 1.165) is 52.2 Å². The van der Waals surface area contributed by atoms with E-state index in [1.165, 1.54) is 0 Å². The van der Waals surface area contributed by atoms with Gasteiger partial charge < -0.3 is 15.5 Å². The highest BCUT2D eigenvalue weighted by atomic mass is 19.4. The molecular formula is C25H22F3N7O. The van der Waals surface area contributed by atoms with Gasteiger partial charge in [0, 0.05) is 36.3 Å². The van der Waals surface area contributed by atoms with Crippen molar-refractivity contribution in [3.63, 3.8) is 0 Å². The van der Waals surface area contributed by atoms with Crippen LogP contribution in [-0.2, 0) is 6.18 Å². The number of hydrogen-bond acceptors (Lipinski definition) is 7. The molecule has 4 heterocycles. The Kier molecular flexibility index (Phi) is 5.70. The van der Waals surface area contributed by atoms with Crippen molar-refractivity contribution in [2.75, 3.05) is 29.1 Å². The van der Waals surface area contributed by atoms with E-state index < -0.39 is 17.6 Å². The van der Waals surface area contributed by atoms with Crippen LogP contribution in [0.3, 0.4) is 0 Å². The van der Waals surface area contributed by atoms with Crippen molar-refractivity contribution < 1.29 is 18.0 Å². The predicted molar refractivity (Wildman–Crippen MR) is 132 cm³/mol. The number of rotatable bonds is 4. The normalized spacial score (nSPS) is 16.6. The molecule has 2 aliphatic heterocycles. The zero-order valence-corrected chi connectivity index (χ0v) is 19.7. The Bertz CT molecular complexity index is 1430. The molecule has 2 N–H and O–H groups in total. The van der Waals surface area contributed by atoms with Crippen molar-refractivity contribution >= 4 is 40.8 Å². The number of fused-ring (bicyclic) bond motifs is 3. The van der Waals surface area contributed by atoms with Crippen LogP contribution < -0.4 is 15.5 Å². The molecule has 184 valence electrons. The van der Waals surface area contributed by atoms with Gasteiger partial charge in [-0.25, -0.2) is 4.98 Å². The summed E-state index contributed by atoms with van der Waals surface area (Å²) >= 11 is 0. The summed E-state index contributed by atoms with van der Waals surface area (Å²) in [4.78, 5) is 32.3. The number of aryl methyl sites for hydroxylation is 1. The van der Waals surface area contributed by atoms with Crippen molar-refractivity contribution in [1.82, 2.24) is 15.0 Å². The first kappa shape index (κ1) is 23.5. The molecule has 1 aromatic carbocycles. The van der Waals surface area contributed by atoms with Crippen LogP contribution in [0.25, 0.3) is 11.6 Å². The molecule has 0 saturated heterocycles. The topological polar surface area (TPSA) is 95.4 Å². The fourth-order valence-electron chi connectivity index (χ4n) is 4.24. The number of carbonyl (C=O) groups is 1. The van der Waals surface area contributed by atoms with Crippen molar-refractivity contribution in [3.8, 4) is 0 Å². The lowest BCUT2D eigenvalue weighted by atomic mass is 9.94. The Balaban J connectivity index is 1.51. The Labute approximate surface area is 205 Å². The van der Waals surface area contributed by atoms with Gasteiger partial charge in [-0.1, -0.05) is 6.07 Å². The van der Waals surface area contributed by atoms with Gasteiger partial charge in [0.15, 0.2) is 0 Å². The number of carbonyl (C=O) groups excluding carboxylic acids is 1. The Morgan fingerprint density at radius 1 is 1.17 bits per heavy atom. The maximum absolute atomic E-state index is 13.1. The minimum absolute atomic E-state index is 0.0947. The molecule has 0 unspecified atom stereocenters. The molecule has 0 saturated carbocycles. The Morgan fingerprint density at radius 2 is 1.97 bits per heavy atom. The maximum Gasteiger partial charge on any atom is 0.416 e. The molecule has 3 aromatic rings. The predicted octanol–water partition coefficient (Wildman–Crippen LogP) is 4.65. The molecule has 0 fully saturated rings. The highest BCUT2D eigenvalue weighted by Gasteiger charge is 2.35. The number of hydrogen-bond donors (Lipinski definition) is 2. The average Bonchev–Trinajstić information content (AvgIpc) is 3.26. The number of nitrogens with zero attached hydrogens (tertiary/aromatic N) is 5. The molecule has 1 amide bonds. The largest absolute Gasteiger partial charge is 0.416 e. The van der Waals surface area contributed by atoms with Gasteiger partial charge in [0.1, 0.15) is 17.3 Å². The van der Waals surface area contributed by atoms with Gasteiger partial charge in [-0.3, -0.25) is 14.8 Å². The number of halogens is 3. The number of pyridine rings is 1. The minimum atomic E-state index is -4.57. The number of anilines is 3. The van der Waals surface area contributed by atoms with Crippen LogP contribution in [0.2, 0.25) is 0 Å². The summed E-state index contributed by atoms with van der Waals surface area (Å²) in [5.74, 6) is 1.30. The van der Waals surface area contributed by atoms with E-state index in [4.69, 9.17) is 4.99 Å². The second kappa shape index (κ2) is 8.74. The first-order chi connectivity index (χ1) is 17.2. The maximum atomic E-state index is 13.1. The van der Waals surface area contributed by atoms with E-state index in [-0.39, 0.29) is 11.7 Å². The van der Waals surface area contributed by atoms with E-state index in [2.05, 4.69) is 37.4 Å². The van der Waals surface area contributed by atoms with Gasteiger partial charge in [0.25, 0.3) is 5.91 Å². The Morgan fingerprint density at radius 3 is 2.72 bits per heavy atom. The van der Waals surface area contributed by atoms with Crippen LogP contribution in [0.1, 0.15) is 39.7 Å². The molecule has 1 atom stereocenters. The molecule has 2 aromatic heterocycles. The zero-order valence-electron chi connectivity index (χ0n) is 19.7. The van der Waals surface area contributed by atoms with Crippen LogP contribution in [-0.4, -0.2) is 46.3 Å². The molecule has 36 heavy (non-hydrogen) atoms. The molecular weight excluding hydrogens is 471 g/mol. The first-order valence-corrected chi connectivity index (χ1v) is 11.2. The molecule has 11 heteroatoms. The highest BCUT2D eigenvalue weighted by molar-refractivity contribution is 6.36. The van der Waals surface area contributed by atoms with Crippen molar-refractivity contribution in [3.05, 3.63) is 70.7 Å². The lowest BCUT2D eigenvalue weighted by Crippen LogP contribution is -2.38. The zero-order chi connectivity index (χ0) is 25.6. The molecule has 8 nitrogen and oxygen atoms in total. The summed E-state index contributed by atoms with van der Waals surface area (Å²) in [6.07, 6.45) is 0.111. The molecule has 0 aliphatic carbocycles. The van der Waals surface area contributed by atoms with E-state index in [1.54, 1.807) is 25.4 Å². The molecule has 0 bridgehead atoms. The molecule has 0 spiro atoms. The lowest BCUT2D eigenvalue weighted by Gasteiger charge is -2.31. The van der Waals surface area contributed by atoms with Gasteiger partial charge in [0.05, 0.1) is 18.2 Å². The number of alkyl halides is 3.